The molecule has 1 N–H and O–H groups in total. The van der Waals surface area contributed by atoms with Crippen molar-refractivity contribution in [2.45, 2.75) is 77.6 Å². The number of carboxylic acids is 1. The van der Waals surface area contributed by atoms with Gasteiger partial charge in [-0.3, -0.25) is 9.59 Å². The molecule has 0 rings (SSSR count). The molecule has 0 aromatic heterocycles. The van der Waals surface area contributed by atoms with Crippen molar-refractivity contribution in [3.05, 3.63) is 0 Å². The standard InChI is InChI=1S/C15H28O4/c1-2-3-4-5-6-10-13-19-15(18)12-9-7-8-11-14(16)17/h2-13H2,1H3,(H,16,17). The summed E-state index contributed by atoms with van der Waals surface area (Å²) in [6, 6.07) is 0. The van der Waals surface area contributed by atoms with Crippen molar-refractivity contribution in [2.75, 3.05) is 6.61 Å². The Kier molecular flexibility index (Phi) is 12.6. The Hall–Kier alpha value is -1.06. The first-order valence-corrected chi connectivity index (χ1v) is 7.54. The van der Waals surface area contributed by atoms with Crippen molar-refractivity contribution in [3.8, 4) is 0 Å². The SMILES string of the molecule is CCCCCCCCOC(=O)CCCCCC(=O)O. The maximum absolute atomic E-state index is 11.3. The van der Waals surface area contributed by atoms with E-state index in [2.05, 4.69) is 6.92 Å². The summed E-state index contributed by atoms with van der Waals surface area (Å²) < 4.78 is 5.12. The summed E-state index contributed by atoms with van der Waals surface area (Å²) in [6.07, 6.45) is 9.85. The lowest BCUT2D eigenvalue weighted by molar-refractivity contribution is -0.143. The second kappa shape index (κ2) is 13.4. The van der Waals surface area contributed by atoms with E-state index in [-0.39, 0.29) is 12.4 Å². The van der Waals surface area contributed by atoms with Gasteiger partial charge >= 0.3 is 11.9 Å². The van der Waals surface area contributed by atoms with Crippen LogP contribution in [0.15, 0.2) is 0 Å². The summed E-state index contributed by atoms with van der Waals surface area (Å²) in [5.41, 5.74) is 0. The highest BCUT2D eigenvalue weighted by atomic mass is 16.5. The zero-order chi connectivity index (χ0) is 14.3. The molecule has 0 radical (unpaired) electrons. The number of hydrogen-bond acceptors (Lipinski definition) is 3. The Balaban J connectivity index is 3.19. The number of carbonyl (C=O) groups is 2. The van der Waals surface area contributed by atoms with Crippen LogP contribution in [0.4, 0.5) is 0 Å². The Labute approximate surface area is 116 Å². The minimum absolute atomic E-state index is 0.149. The molecule has 0 aromatic rings. The van der Waals surface area contributed by atoms with Gasteiger partial charge in [0.05, 0.1) is 6.61 Å². The second-order valence-corrected chi connectivity index (χ2v) is 4.94. The number of unbranched alkanes of at least 4 members (excludes halogenated alkanes) is 7. The zero-order valence-electron chi connectivity index (χ0n) is 12.2. The second-order valence-electron chi connectivity index (χ2n) is 4.94. The van der Waals surface area contributed by atoms with E-state index in [0.29, 0.717) is 19.4 Å². The zero-order valence-corrected chi connectivity index (χ0v) is 12.2. The first-order chi connectivity index (χ1) is 9.16. The van der Waals surface area contributed by atoms with E-state index in [9.17, 15) is 9.59 Å². The maximum Gasteiger partial charge on any atom is 0.305 e. The highest BCUT2D eigenvalue weighted by molar-refractivity contribution is 5.69. The van der Waals surface area contributed by atoms with Crippen LogP contribution >= 0.6 is 0 Å². The van der Waals surface area contributed by atoms with Gasteiger partial charge in [0, 0.05) is 12.8 Å². The Morgan fingerprint density at radius 2 is 1.42 bits per heavy atom. The van der Waals surface area contributed by atoms with Crippen molar-refractivity contribution in [2.24, 2.45) is 0 Å². The van der Waals surface area contributed by atoms with Crippen molar-refractivity contribution >= 4 is 11.9 Å². The quantitative estimate of drug-likeness (QED) is 0.407. The van der Waals surface area contributed by atoms with E-state index in [1.54, 1.807) is 0 Å². The lowest BCUT2D eigenvalue weighted by atomic mass is 10.1. The van der Waals surface area contributed by atoms with Crippen LogP contribution in [0.3, 0.4) is 0 Å². The lowest BCUT2D eigenvalue weighted by Crippen LogP contribution is -2.05. The van der Waals surface area contributed by atoms with Gasteiger partial charge in [-0.15, -0.1) is 0 Å². The molecule has 0 unspecified atom stereocenters. The predicted molar refractivity (Wildman–Crippen MR) is 75.1 cm³/mol. The van der Waals surface area contributed by atoms with E-state index < -0.39 is 5.97 Å². The van der Waals surface area contributed by atoms with E-state index in [4.69, 9.17) is 9.84 Å². The Morgan fingerprint density at radius 1 is 0.842 bits per heavy atom. The van der Waals surface area contributed by atoms with Gasteiger partial charge in [0.2, 0.25) is 0 Å². The normalized spacial score (nSPS) is 10.4. The number of hydrogen-bond donors (Lipinski definition) is 1. The third-order valence-corrected chi connectivity index (χ3v) is 3.03. The molecule has 0 aliphatic carbocycles. The molecule has 0 aliphatic heterocycles. The summed E-state index contributed by atoms with van der Waals surface area (Å²) in [5.74, 6) is -0.922. The molecule has 0 saturated heterocycles. The molecular weight excluding hydrogens is 244 g/mol. The monoisotopic (exact) mass is 272 g/mol. The molecule has 0 saturated carbocycles. The highest BCUT2D eigenvalue weighted by Gasteiger charge is 2.03. The van der Waals surface area contributed by atoms with Gasteiger partial charge in [-0.2, -0.15) is 0 Å². The molecule has 0 aliphatic rings. The van der Waals surface area contributed by atoms with Crippen LogP contribution in [0, 0.1) is 0 Å². The number of esters is 1. The number of rotatable bonds is 13. The molecule has 0 amide bonds. The molecule has 19 heavy (non-hydrogen) atoms. The Morgan fingerprint density at radius 3 is 2.11 bits per heavy atom. The molecule has 4 nitrogen and oxygen atoms in total. The third-order valence-electron chi connectivity index (χ3n) is 3.03. The van der Waals surface area contributed by atoms with Crippen molar-refractivity contribution < 1.29 is 19.4 Å². The van der Waals surface area contributed by atoms with Gasteiger partial charge in [0.1, 0.15) is 0 Å². The summed E-state index contributed by atoms with van der Waals surface area (Å²) in [4.78, 5) is 21.6. The molecular formula is C15H28O4. The summed E-state index contributed by atoms with van der Waals surface area (Å²) in [7, 11) is 0. The molecule has 4 heteroatoms. The first kappa shape index (κ1) is 17.9. The van der Waals surface area contributed by atoms with Crippen LogP contribution in [0.1, 0.15) is 77.6 Å². The number of aliphatic carboxylic acids is 1. The molecule has 0 aromatic carbocycles. The van der Waals surface area contributed by atoms with Crippen molar-refractivity contribution in [3.63, 3.8) is 0 Å². The van der Waals surface area contributed by atoms with Gasteiger partial charge in [-0.1, -0.05) is 45.4 Å². The van der Waals surface area contributed by atoms with E-state index in [0.717, 1.165) is 25.7 Å². The van der Waals surface area contributed by atoms with E-state index >= 15 is 0 Å². The fourth-order valence-electron chi connectivity index (χ4n) is 1.86. The average molecular weight is 272 g/mol. The van der Waals surface area contributed by atoms with Crippen LogP contribution in [0.25, 0.3) is 0 Å². The minimum atomic E-state index is -0.773. The third kappa shape index (κ3) is 14.9. The van der Waals surface area contributed by atoms with Crippen LogP contribution < -0.4 is 0 Å². The smallest absolute Gasteiger partial charge is 0.305 e. The lowest BCUT2D eigenvalue weighted by Gasteiger charge is -2.04. The van der Waals surface area contributed by atoms with Crippen LogP contribution in [0.5, 0.6) is 0 Å². The predicted octanol–water partition coefficient (Wildman–Crippen LogP) is 3.93. The average Bonchev–Trinajstić information content (AvgIpc) is 2.37. The van der Waals surface area contributed by atoms with Crippen LogP contribution in [0.2, 0.25) is 0 Å². The largest absolute Gasteiger partial charge is 0.481 e. The first-order valence-electron chi connectivity index (χ1n) is 7.54. The van der Waals surface area contributed by atoms with Crippen molar-refractivity contribution in [1.29, 1.82) is 0 Å². The molecule has 0 heterocycles. The maximum atomic E-state index is 11.3. The summed E-state index contributed by atoms with van der Waals surface area (Å²) in [5, 5.41) is 8.45. The highest BCUT2D eigenvalue weighted by Crippen LogP contribution is 2.07. The molecule has 0 bridgehead atoms. The summed E-state index contributed by atoms with van der Waals surface area (Å²) >= 11 is 0. The van der Waals surface area contributed by atoms with Gasteiger partial charge in [-0.25, -0.2) is 0 Å². The molecule has 0 atom stereocenters. The number of ether oxygens (including phenoxy) is 1. The molecule has 0 spiro atoms. The van der Waals surface area contributed by atoms with Gasteiger partial charge in [-0.05, 0) is 19.3 Å². The van der Waals surface area contributed by atoms with Crippen LogP contribution in [-0.4, -0.2) is 23.7 Å². The number of carboxylic acid groups (broad SMARTS) is 1. The number of carbonyl (C=O) groups excluding carboxylic acids is 1. The topological polar surface area (TPSA) is 63.6 Å². The fourth-order valence-corrected chi connectivity index (χ4v) is 1.86. The van der Waals surface area contributed by atoms with E-state index in [1.165, 1.54) is 25.7 Å². The Bertz CT molecular complexity index is 238. The fraction of sp³-hybridized carbons (Fsp3) is 0.867. The molecule has 112 valence electrons. The van der Waals surface area contributed by atoms with Gasteiger partial charge in [0.15, 0.2) is 0 Å². The van der Waals surface area contributed by atoms with Crippen molar-refractivity contribution in [1.82, 2.24) is 0 Å². The molecule has 0 fully saturated rings. The van der Waals surface area contributed by atoms with Gasteiger partial charge < -0.3 is 9.84 Å². The van der Waals surface area contributed by atoms with E-state index in [1.807, 2.05) is 0 Å². The van der Waals surface area contributed by atoms with Crippen LogP contribution in [-0.2, 0) is 14.3 Å². The van der Waals surface area contributed by atoms with Gasteiger partial charge in [0.25, 0.3) is 0 Å². The minimum Gasteiger partial charge on any atom is -0.481 e. The summed E-state index contributed by atoms with van der Waals surface area (Å²) in [6.45, 7) is 2.72.